The largest absolute Gasteiger partial charge is 0.399 e. The normalized spacial score (nSPS) is 14.4. The molecule has 0 fully saturated rings. The fraction of sp³-hybridized carbons (Fsp3) is 0.250. The van der Waals surface area contributed by atoms with E-state index in [-0.39, 0.29) is 5.56 Å². The van der Waals surface area contributed by atoms with Crippen LogP contribution in [0.3, 0.4) is 0 Å². The van der Waals surface area contributed by atoms with Gasteiger partial charge in [-0.1, -0.05) is 42.5 Å². The molecule has 5 nitrogen and oxygen atoms in total. The number of aromatic amines is 1. The third-order valence-electron chi connectivity index (χ3n) is 4.77. The SMILES string of the molecule is Nc1ccc(CN2CCc3[nH]n(Cc4ccccc4)c(=O)c3C2)cc1. The summed E-state index contributed by atoms with van der Waals surface area (Å²) in [5.41, 5.74) is 10.9. The van der Waals surface area contributed by atoms with Gasteiger partial charge in [0.05, 0.1) is 12.1 Å². The highest BCUT2D eigenvalue weighted by Gasteiger charge is 2.22. The van der Waals surface area contributed by atoms with Gasteiger partial charge in [0.15, 0.2) is 0 Å². The van der Waals surface area contributed by atoms with E-state index in [0.717, 1.165) is 42.0 Å². The summed E-state index contributed by atoms with van der Waals surface area (Å²) >= 11 is 0. The average molecular weight is 334 g/mol. The minimum Gasteiger partial charge on any atom is -0.399 e. The number of nitrogens with one attached hydrogen (secondary N) is 1. The number of hydrogen-bond donors (Lipinski definition) is 2. The summed E-state index contributed by atoms with van der Waals surface area (Å²) in [7, 11) is 0. The Morgan fingerprint density at radius 1 is 0.960 bits per heavy atom. The molecule has 0 bridgehead atoms. The highest BCUT2D eigenvalue weighted by Crippen LogP contribution is 2.17. The number of fused-ring (bicyclic) bond motifs is 1. The smallest absolute Gasteiger partial charge is 0.271 e. The Morgan fingerprint density at radius 2 is 1.68 bits per heavy atom. The zero-order chi connectivity index (χ0) is 17.2. The van der Waals surface area contributed by atoms with Gasteiger partial charge in [0.1, 0.15) is 0 Å². The molecule has 2 heterocycles. The van der Waals surface area contributed by atoms with E-state index in [9.17, 15) is 4.79 Å². The summed E-state index contributed by atoms with van der Waals surface area (Å²) in [6, 6.07) is 18.0. The third kappa shape index (κ3) is 3.37. The summed E-state index contributed by atoms with van der Waals surface area (Å²) < 4.78 is 1.73. The van der Waals surface area contributed by atoms with Crippen molar-refractivity contribution in [1.82, 2.24) is 14.7 Å². The van der Waals surface area contributed by atoms with Crippen LogP contribution in [-0.2, 0) is 26.1 Å². The molecule has 4 rings (SSSR count). The van der Waals surface area contributed by atoms with Gasteiger partial charge in [-0.25, -0.2) is 4.68 Å². The number of benzene rings is 2. The maximum absolute atomic E-state index is 12.7. The Bertz CT molecular complexity index is 909. The number of rotatable bonds is 4. The van der Waals surface area contributed by atoms with Crippen LogP contribution in [0.1, 0.15) is 22.4 Å². The van der Waals surface area contributed by atoms with Crippen molar-refractivity contribution in [3.63, 3.8) is 0 Å². The Labute approximate surface area is 146 Å². The predicted octanol–water partition coefficient (Wildman–Crippen LogP) is 2.37. The molecule has 1 aliphatic rings. The van der Waals surface area contributed by atoms with Gasteiger partial charge in [-0.15, -0.1) is 0 Å². The molecule has 0 aliphatic carbocycles. The van der Waals surface area contributed by atoms with E-state index < -0.39 is 0 Å². The van der Waals surface area contributed by atoms with Crippen molar-refractivity contribution in [1.29, 1.82) is 0 Å². The predicted molar refractivity (Wildman–Crippen MR) is 99.3 cm³/mol. The van der Waals surface area contributed by atoms with Crippen LogP contribution < -0.4 is 11.3 Å². The van der Waals surface area contributed by atoms with Crippen molar-refractivity contribution < 1.29 is 0 Å². The molecule has 0 radical (unpaired) electrons. The molecule has 0 unspecified atom stereocenters. The second kappa shape index (κ2) is 6.61. The first-order valence-electron chi connectivity index (χ1n) is 8.60. The van der Waals surface area contributed by atoms with E-state index >= 15 is 0 Å². The van der Waals surface area contributed by atoms with Gasteiger partial charge in [-0.05, 0) is 23.3 Å². The lowest BCUT2D eigenvalue weighted by Crippen LogP contribution is -2.32. The molecular weight excluding hydrogens is 312 g/mol. The van der Waals surface area contributed by atoms with Gasteiger partial charge < -0.3 is 5.73 Å². The second-order valence-corrected chi connectivity index (χ2v) is 6.65. The molecule has 0 saturated heterocycles. The number of hydrogen-bond acceptors (Lipinski definition) is 3. The van der Waals surface area contributed by atoms with E-state index in [2.05, 4.69) is 22.1 Å². The highest BCUT2D eigenvalue weighted by molar-refractivity contribution is 5.39. The van der Waals surface area contributed by atoms with Crippen LogP contribution in [0, 0.1) is 0 Å². The van der Waals surface area contributed by atoms with Gasteiger partial charge in [0.2, 0.25) is 0 Å². The lowest BCUT2D eigenvalue weighted by atomic mass is 10.1. The molecule has 1 aliphatic heterocycles. The number of aromatic nitrogens is 2. The van der Waals surface area contributed by atoms with Crippen LogP contribution >= 0.6 is 0 Å². The molecule has 0 saturated carbocycles. The Kier molecular flexibility index (Phi) is 4.15. The van der Waals surface area contributed by atoms with E-state index in [4.69, 9.17) is 5.73 Å². The Hall–Kier alpha value is -2.79. The molecule has 0 amide bonds. The number of nitrogen functional groups attached to an aromatic ring is 1. The lowest BCUT2D eigenvalue weighted by molar-refractivity contribution is 0.244. The molecule has 1 aromatic heterocycles. The average Bonchev–Trinajstić information content (AvgIpc) is 2.94. The van der Waals surface area contributed by atoms with Crippen LogP contribution in [0.15, 0.2) is 59.4 Å². The highest BCUT2D eigenvalue weighted by atomic mass is 16.1. The summed E-state index contributed by atoms with van der Waals surface area (Å²) in [5, 5.41) is 3.30. The van der Waals surface area contributed by atoms with Gasteiger partial charge in [0, 0.05) is 37.4 Å². The number of H-pyrrole nitrogens is 1. The minimum atomic E-state index is 0.0980. The van der Waals surface area contributed by atoms with Crippen molar-refractivity contribution in [3.8, 4) is 0 Å². The van der Waals surface area contributed by atoms with Crippen molar-refractivity contribution in [3.05, 3.63) is 87.3 Å². The van der Waals surface area contributed by atoms with Crippen molar-refractivity contribution in [2.45, 2.75) is 26.1 Å². The Balaban J connectivity index is 1.51. The molecule has 5 heteroatoms. The van der Waals surface area contributed by atoms with E-state index in [1.807, 2.05) is 42.5 Å². The van der Waals surface area contributed by atoms with Gasteiger partial charge in [-0.2, -0.15) is 0 Å². The molecule has 3 N–H and O–H groups in total. The van der Waals surface area contributed by atoms with Crippen LogP contribution in [-0.4, -0.2) is 21.2 Å². The molecule has 3 aromatic rings. The molecular formula is C20H22N4O. The summed E-state index contributed by atoms with van der Waals surface area (Å²) in [4.78, 5) is 15.1. The van der Waals surface area contributed by atoms with Crippen molar-refractivity contribution in [2.75, 3.05) is 12.3 Å². The lowest BCUT2D eigenvalue weighted by Gasteiger charge is -2.25. The standard InChI is InChI=1S/C20H22N4O/c21-17-8-6-16(7-9-17)12-23-11-10-19-18(14-23)20(25)24(22-19)13-15-4-2-1-3-5-15/h1-9,22H,10-14,21H2. The first kappa shape index (κ1) is 15.7. The van der Waals surface area contributed by atoms with Crippen molar-refractivity contribution in [2.24, 2.45) is 0 Å². The first-order valence-corrected chi connectivity index (χ1v) is 8.60. The quantitative estimate of drug-likeness (QED) is 0.720. The van der Waals surface area contributed by atoms with E-state index in [1.165, 1.54) is 5.56 Å². The van der Waals surface area contributed by atoms with Crippen LogP contribution in [0.25, 0.3) is 0 Å². The van der Waals surface area contributed by atoms with Gasteiger partial charge in [-0.3, -0.25) is 14.8 Å². The zero-order valence-corrected chi connectivity index (χ0v) is 14.1. The third-order valence-corrected chi connectivity index (χ3v) is 4.77. The number of nitrogens with zero attached hydrogens (tertiary/aromatic N) is 2. The molecule has 2 aromatic carbocycles. The van der Waals surface area contributed by atoms with Crippen LogP contribution in [0.4, 0.5) is 5.69 Å². The Morgan fingerprint density at radius 3 is 2.44 bits per heavy atom. The van der Waals surface area contributed by atoms with Crippen LogP contribution in [0.5, 0.6) is 0 Å². The first-order chi connectivity index (χ1) is 12.2. The minimum absolute atomic E-state index is 0.0980. The summed E-state index contributed by atoms with van der Waals surface area (Å²) in [6.45, 7) is 3.06. The van der Waals surface area contributed by atoms with Crippen LogP contribution in [0.2, 0.25) is 0 Å². The fourth-order valence-corrected chi connectivity index (χ4v) is 3.41. The zero-order valence-electron chi connectivity index (χ0n) is 14.1. The summed E-state index contributed by atoms with van der Waals surface area (Å²) in [5.74, 6) is 0. The topological polar surface area (TPSA) is 67.0 Å². The number of nitrogens with two attached hydrogens (primary N) is 1. The monoisotopic (exact) mass is 334 g/mol. The second-order valence-electron chi connectivity index (χ2n) is 6.65. The maximum atomic E-state index is 12.7. The fourth-order valence-electron chi connectivity index (χ4n) is 3.41. The number of anilines is 1. The molecule has 0 atom stereocenters. The maximum Gasteiger partial charge on any atom is 0.271 e. The van der Waals surface area contributed by atoms with Gasteiger partial charge >= 0.3 is 0 Å². The molecule has 0 spiro atoms. The molecule has 25 heavy (non-hydrogen) atoms. The molecule has 128 valence electrons. The van der Waals surface area contributed by atoms with Gasteiger partial charge in [0.25, 0.3) is 5.56 Å². The van der Waals surface area contributed by atoms with E-state index in [0.29, 0.717) is 13.1 Å². The summed E-state index contributed by atoms with van der Waals surface area (Å²) in [6.07, 6.45) is 0.876. The van der Waals surface area contributed by atoms with Crippen molar-refractivity contribution >= 4 is 5.69 Å². The van der Waals surface area contributed by atoms with E-state index in [1.54, 1.807) is 4.68 Å².